The number of unbranched alkanes of at least 4 members (excludes halogenated alkanes) is 1. The van der Waals surface area contributed by atoms with Gasteiger partial charge in [-0.05, 0) is 34.1 Å². The Morgan fingerprint density at radius 1 is 1.00 bits per heavy atom. The van der Waals surface area contributed by atoms with Crippen molar-refractivity contribution in [2.45, 2.75) is 59.5 Å². The highest BCUT2D eigenvalue weighted by Gasteiger charge is 2.05. The Labute approximate surface area is 82.8 Å². The molecule has 0 radical (unpaired) electrons. The van der Waals surface area contributed by atoms with Crippen LogP contribution in [-0.2, 0) is 0 Å². The van der Waals surface area contributed by atoms with Gasteiger partial charge in [0, 0.05) is 18.6 Å². The molecule has 3 heteroatoms. The molecule has 0 aromatic heterocycles. The number of hydrogen-bond donors (Lipinski definition) is 2. The van der Waals surface area contributed by atoms with Gasteiger partial charge in [-0.1, -0.05) is 13.3 Å². The van der Waals surface area contributed by atoms with Gasteiger partial charge < -0.3 is 0 Å². The number of rotatable bonds is 7. The molecular formula is C10H25N3. The van der Waals surface area contributed by atoms with E-state index in [0.29, 0.717) is 12.1 Å². The Kier molecular flexibility index (Phi) is 7.23. The molecule has 13 heavy (non-hydrogen) atoms. The minimum atomic E-state index is 0.489. The van der Waals surface area contributed by atoms with Crippen molar-refractivity contribution in [2.75, 3.05) is 6.54 Å². The molecule has 0 heterocycles. The van der Waals surface area contributed by atoms with E-state index in [4.69, 9.17) is 0 Å². The zero-order valence-corrected chi connectivity index (χ0v) is 9.72. The fourth-order valence-corrected chi connectivity index (χ4v) is 1.11. The van der Waals surface area contributed by atoms with E-state index in [-0.39, 0.29) is 0 Å². The van der Waals surface area contributed by atoms with Crippen LogP contribution in [0.3, 0.4) is 0 Å². The van der Waals surface area contributed by atoms with Crippen molar-refractivity contribution < 1.29 is 0 Å². The van der Waals surface area contributed by atoms with Crippen LogP contribution in [0.25, 0.3) is 0 Å². The van der Waals surface area contributed by atoms with Crippen LogP contribution in [0.15, 0.2) is 0 Å². The van der Waals surface area contributed by atoms with E-state index in [1.807, 2.05) is 0 Å². The maximum absolute atomic E-state index is 3.37. The Hall–Kier alpha value is -0.120. The summed E-state index contributed by atoms with van der Waals surface area (Å²) in [5.41, 5.74) is 6.74. The SMILES string of the molecule is CCCCN(NC(C)C)NC(C)C. The zero-order chi connectivity index (χ0) is 10.3. The maximum atomic E-state index is 3.37. The summed E-state index contributed by atoms with van der Waals surface area (Å²) >= 11 is 0. The van der Waals surface area contributed by atoms with Crippen molar-refractivity contribution in [1.29, 1.82) is 0 Å². The van der Waals surface area contributed by atoms with Gasteiger partial charge in [-0.3, -0.25) is 0 Å². The fourth-order valence-electron chi connectivity index (χ4n) is 1.11. The molecule has 0 bridgehead atoms. The lowest BCUT2D eigenvalue weighted by molar-refractivity contribution is 0.0813. The summed E-state index contributed by atoms with van der Waals surface area (Å²) in [7, 11) is 0. The third-order valence-corrected chi connectivity index (χ3v) is 1.56. The van der Waals surface area contributed by atoms with Crippen LogP contribution in [0, 0.1) is 0 Å². The molecule has 0 spiro atoms. The molecule has 0 amide bonds. The second kappa shape index (κ2) is 7.30. The quantitative estimate of drug-likeness (QED) is 0.596. The Morgan fingerprint density at radius 3 is 1.77 bits per heavy atom. The predicted molar refractivity (Wildman–Crippen MR) is 58.2 cm³/mol. The minimum absolute atomic E-state index is 0.489. The molecule has 0 unspecified atom stereocenters. The van der Waals surface area contributed by atoms with Crippen molar-refractivity contribution in [2.24, 2.45) is 0 Å². The lowest BCUT2D eigenvalue weighted by Crippen LogP contribution is -2.53. The van der Waals surface area contributed by atoms with Crippen molar-refractivity contribution in [3.05, 3.63) is 0 Å². The maximum Gasteiger partial charge on any atom is 0.0288 e. The highest BCUT2D eigenvalue weighted by molar-refractivity contribution is 4.54. The van der Waals surface area contributed by atoms with Crippen LogP contribution in [-0.4, -0.2) is 23.7 Å². The van der Waals surface area contributed by atoms with E-state index in [1.54, 1.807) is 0 Å². The monoisotopic (exact) mass is 187 g/mol. The molecule has 0 aliphatic rings. The number of nitrogens with zero attached hydrogens (tertiary/aromatic N) is 1. The average molecular weight is 187 g/mol. The van der Waals surface area contributed by atoms with Crippen LogP contribution in [0.4, 0.5) is 0 Å². The summed E-state index contributed by atoms with van der Waals surface area (Å²) in [6.45, 7) is 11.9. The molecule has 0 rings (SSSR count). The predicted octanol–water partition coefficient (Wildman–Crippen LogP) is 1.91. The molecule has 0 aromatic rings. The van der Waals surface area contributed by atoms with E-state index in [9.17, 15) is 0 Å². The fraction of sp³-hybridized carbons (Fsp3) is 1.00. The third-order valence-electron chi connectivity index (χ3n) is 1.56. The van der Waals surface area contributed by atoms with E-state index in [0.717, 1.165) is 6.54 Å². The van der Waals surface area contributed by atoms with E-state index < -0.39 is 0 Å². The van der Waals surface area contributed by atoms with Gasteiger partial charge in [-0.25, -0.2) is 10.9 Å². The third kappa shape index (κ3) is 8.22. The van der Waals surface area contributed by atoms with Crippen molar-refractivity contribution in [3.8, 4) is 0 Å². The summed E-state index contributed by atoms with van der Waals surface area (Å²) in [5.74, 6) is 0. The van der Waals surface area contributed by atoms with E-state index in [1.165, 1.54) is 12.8 Å². The lowest BCUT2D eigenvalue weighted by atomic mass is 10.3. The summed E-state index contributed by atoms with van der Waals surface area (Å²) in [6.07, 6.45) is 2.45. The van der Waals surface area contributed by atoms with Gasteiger partial charge in [-0.15, -0.1) is 0 Å². The first-order valence-electron chi connectivity index (χ1n) is 5.36. The molecule has 0 atom stereocenters. The lowest BCUT2D eigenvalue weighted by Gasteiger charge is -2.28. The van der Waals surface area contributed by atoms with Crippen LogP contribution < -0.4 is 10.9 Å². The van der Waals surface area contributed by atoms with Crippen molar-refractivity contribution in [1.82, 2.24) is 16.0 Å². The van der Waals surface area contributed by atoms with Gasteiger partial charge in [0.1, 0.15) is 0 Å². The normalized spacial score (nSPS) is 12.0. The molecule has 3 nitrogen and oxygen atoms in total. The molecule has 0 fully saturated rings. The first-order chi connectivity index (χ1) is 6.06. The average Bonchev–Trinajstić information content (AvgIpc) is 1.98. The minimum Gasteiger partial charge on any atom is -0.239 e. The molecule has 80 valence electrons. The molecule has 0 saturated carbocycles. The summed E-state index contributed by atoms with van der Waals surface area (Å²) in [6, 6.07) is 0.978. The number of nitrogens with one attached hydrogen (secondary N) is 2. The number of hydrazine groups is 2. The Bertz CT molecular complexity index is 103. The second-order valence-electron chi connectivity index (χ2n) is 4.07. The van der Waals surface area contributed by atoms with Crippen LogP contribution >= 0.6 is 0 Å². The van der Waals surface area contributed by atoms with Gasteiger partial charge >= 0.3 is 0 Å². The largest absolute Gasteiger partial charge is 0.239 e. The highest BCUT2D eigenvalue weighted by Crippen LogP contribution is 1.92. The summed E-state index contributed by atoms with van der Waals surface area (Å²) in [5, 5.41) is 2.11. The molecule has 0 aliphatic heterocycles. The van der Waals surface area contributed by atoms with E-state index >= 15 is 0 Å². The molecule has 2 N–H and O–H groups in total. The number of hydrogen-bond acceptors (Lipinski definition) is 3. The van der Waals surface area contributed by atoms with Crippen molar-refractivity contribution in [3.63, 3.8) is 0 Å². The van der Waals surface area contributed by atoms with Crippen molar-refractivity contribution >= 4 is 0 Å². The summed E-state index contributed by atoms with van der Waals surface area (Å²) < 4.78 is 0. The van der Waals surface area contributed by atoms with Crippen LogP contribution in [0.1, 0.15) is 47.5 Å². The molecule has 0 aromatic carbocycles. The topological polar surface area (TPSA) is 27.3 Å². The molecule has 0 aliphatic carbocycles. The van der Waals surface area contributed by atoms with E-state index in [2.05, 4.69) is 50.6 Å². The van der Waals surface area contributed by atoms with Crippen LogP contribution in [0.5, 0.6) is 0 Å². The molecule has 0 saturated heterocycles. The van der Waals surface area contributed by atoms with Gasteiger partial charge in [0.15, 0.2) is 0 Å². The van der Waals surface area contributed by atoms with Gasteiger partial charge in [-0.2, -0.15) is 5.12 Å². The highest BCUT2D eigenvalue weighted by atomic mass is 15.7. The zero-order valence-electron chi connectivity index (χ0n) is 9.72. The second-order valence-corrected chi connectivity index (χ2v) is 4.07. The molecular weight excluding hydrogens is 162 g/mol. The summed E-state index contributed by atoms with van der Waals surface area (Å²) in [4.78, 5) is 0. The van der Waals surface area contributed by atoms with Gasteiger partial charge in [0.25, 0.3) is 0 Å². The van der Waals surface area contributed by atoms with Crippen LogP contribution in [0.2, 0.25) is 0 Å². The standard InChI is InChI=1S/C10H25N3/c1-6-7-8-13(11-9(2)3)12-10(4)5/h9-12H,6-8H2,1-5H3. The first kappa shape index (κ1) is 12.9. The van der Waals surface area contributed by atoms with Gasteiger partial charge in [0.2, 0.25) is 0 Å². The Morgan fingerprint density at radius 2 is 1.46 bits per heavy atom. The van der Waals surface area contributed by atoms with Gasteiger partial charge in [0.05, 0.1) is 0 Å². The Balaban J connectivity index is 3.73. The smallest absolute Gasteiger partial charge is 0.0288 e. The first-order valence-corrected chi connectivity index (χ1v) is 5.36.